The summed E-state index contributed by atoms with van der Waals surface area (Å²) >= 11 is 0. The van der Waals surface area contributed by atoms with Gasteiger partial charge in [0.1, 0.15) is 0 Å². The van der Waals surface area contributed by atoms with Crippen LogP contribution in [-0.2, 0) is 6.54 Å². The van der Waals surface area contributed by atoms with Crippen LogP contribution in [0.3, 0.4) is 0 Å². The number of hydrogen-bond acceptors (Lipinski definition) is 4. The Morgan fingerprint density at radius 3 is 2.75 bits per heavy atom. The van der Waals surface area contributed by atoms with Gasteiger partial charge in [0.05, 0.1) is 0 Å². The highest BCUT2D eigenvalue weighted by Gasteiger charge is 2.23. The molecule has 4 nitrogen and oxygen atoms in total. The Hall–Kier alpha value is -1.49. The van der Waals surface area contributed by atoms with Gasteiger partial charge < -0.3 is 5.32 Å². The smallest absolute Gasteiger partial charge is 0.0491 e. The van der Waals surface area contributed by atoms with Crippen molar-refractivity contribution in [2.45, 2.75) is 12.6 Å². The van der Waals surface area contributed by atoms with Crippen LogP contribution in [0.5, 0.6) is 0 Å². The topological polar surface area (TPSA) is 41.1 Å². The number of aromatic nitrogens is 2. The molecule has 0 spiro atoms. The van der Waals surface area contributed by atoms with E-state index in [1.165, 1.54) is 11.1 Å². The van der Waals surface area contributed by atoms with Crippen molar-refractivity contribution < 1.29 is 0 Å². The molecule has 2 aromatic rings. The fraction of sp³-hybridized carbons (Fsp3) is 0.333. The standard InChI is InChI=1S/C15H18N4.ClH/c1-2-14(10-17-5-1)15-11-18-8-9-19(15)12-13-3-6-16-7-4-13;/h1-7,10,15,18H,8-9,11-12H2;1H. The van der Waals surface area contributed by atoms with Gasteiger partial charge in [-0.05, 0) is 29.3 Å². The van der Waals surface area contributed by atoms with Gasteiger partial charge in [-0.2, -0.15) is 0 Å². The lowest BCUT2D eigenvalue weighted by molar-refractivity contribution is 0.153. The largest absolute Gasteiger partial charge is 0.314 e. The zero-order valence-corrected chi connectivity index (χ0v) is 12.1. The fourth-order valence-corrected chi connectivity index (χ4v) is 2.56. The number of pyridine rings is 2. The summed E-state index contributed by atoms with van der Waals surface area (Å²) in [7, 11) is 0. The van der Waals surface area contributed by atoms with Gasteiger partial charge in [-0.3, -0.25) is 14.9 Å². The third-order valence-electron chi connectivity index (χ3n) is 3.56. The molecule has 0 saturated carbocycles. The van der Waals surface area contributed by atoms with Gasteiger partial charge in [0, 0.05) is 57.0 Å². The van der Waals surface area contributed by atoms with Crippen LogP contribution < -0.4 is 5.32 Å². The number of hydrogen-bond donors (Lipinski definition) is 1. The minimum Gasteiger partial charge on any atom is -0.314 e. The molecule has 0 aromatic carbocycles. The van der Waals surface area contributed by atoms with Crippen LogP contribution in [0.25, 0.3) is 0 Å². The Morgan fingerprint density at radius 1 is 1.15 bits per heavy atom. The molecule has 3 rings (SSSR count). The summed E-state index contributed by atoms with van der Waals surface area (Å²) in [5, 5.41) is 3.47. The van der Waals surface area contributed by atoms with Crippen LogP contribution in [0.15, 0.2) is 49.1 Å². The molecule has 0 amide bonds. The summed E-state index contributed by atoms with van der Waals surface area (Å²) in [5.41, 5.74) is 2.59. The van der Waals surface area contributed by atoms with E-state index in [9.17, 15) is 0 Å². The third-order valence-corrected chi connectivity index (χ3v) is 3.56. The van der Waals surface area contributed by atoms with E-state index in [0.717, 1.165) is 26.2 Å². The molecule has 2 aromatic heterocycles. The lowest BCUT2D eigenvalue weighted by atomic mass is 10.0. The van der Waals surface area contributed by atoms with Gasteiger partial charge >= 0.3 is 0 Å². The van der Waals surface area contributed by atoms with E-state index in [1.54, 1.807) is 0 Å². The summed E-state index contributed by atoms with van der Waals surface area (Å²) in [4.78, 5) is 10.8. The van der Waals surface area contributed by atoms with Crippen LogP contribution in [0.2, 0.25) is 0 Å². The molecule has 1 fully saturated rings. The first-order chi connectivity index (χ1) is 9.43. The Balaban J connectivity index is 0.00000147. The van der Waals surface area contributed by atoms with Crippen molar-refractivity contribution >= 4 is 12.4 Å². The van der Waals surface area contributed by atoms with E-state index in [0.29, 0.717) is 6.04 Å². The Kier molecular flexibility index (Phi) is 5.47. The van der Waals surface area contributed by atoms with Gasteiger partial charge in [0.25, 0.3) is 0 Å². The lowest BCUT2D eigenvalue weighted by Crippen LogP contribution is -2.45. The number of piperazine rings is 1. The number of rotatable bonds is 3. The van der Waals surface area contributed by atoms with E-state index < -0.39 is 0 Å². The average molecular weight is 291 g/mol. The van der Waals surface area contributed by atoms with E-state index in [4.69, 9.17) is 0 Å². The maximum atomic E-state index is 4.24. The van der Waals surface area contributed by atoms with Crippen molar-refractivity contribution in [3.63, 3.8) is 0 Å². The van der Waals surface area contributed by atoms with Crippen LogP contribution in [0.4, 0.5) is 0 Å². The van der Waals surface area contributed by atoms with Gasteiger partial charge in [-0.25, -0.2) is 0 Å². The van der Waals surface area contributed by atoms with Crippen LogP contribution in [0.1, 0.15) is 17.2 Å². The molecule has 3 heterocycles. The third kappa shape index (κ3) is 3.54. The van der Waals surface area contributed by atoms with E-state index in [-0.39, 0.29) is 12.4 Å². The van der Waals surface area contributed by atoms with Gasteiger partial charge in [0.15, 0.2) is 0 Å². The molecule has 1 aliphatic heterocycles. The second-order valence-electron chi connectivity index (χ2n) is 4.83. The number of halogens is 1. The van der Waals surface area contributed by atoms with Crippen molar-refractivity contribution in [2.24, 2.45) is 0 Å². The molecule has 5 heteroatoms. The predicted octanol–water partition coefficient (Wildman–Crippen LogP) is 2.04. The summed E-state index contributed by atoms with van der Waals surface area (Å²) in [6.07, 6.45) is 7.51. The number of nitrogens with one attached hydrogen (secondary N) is 1. The Morgan fingerprint density at radius 2 is 2.00 bits per heavy atom. The first kappa shape index (κ1) is 14.9. The quantitative estimate of drug-likeness (QED) is 0.939. The minimum atomic E-state index is 0. The van der Waals surface area contributed by atoms with E-state index >= 15 is 0 Å². The van der Waals surface area contributed by atoms with Gasteiger partial charge in [-0.1, -0.05) is 6.07 Å². The summed E-state index contributed by atoms with van der Waals surface area (Å²) in [5.74, 6) is 0. The molecule has 1 saturated heterocycles. The Labute approximate surface area is 125 Å². The molecule has 20 heavy (non-hydrogen) atoms. The fourth-order valence-electron chi connectivity index (χ4n) is 2.56. The maximum Gasteiger partial charge on any atom is 0.0491 e. The maximum absolute atomic E-state index is 4.24. The molecule has 1 atom stereocenters. The second kappa shape index (κ2) is 7.33. The van der Waals surface area contributed by atoms with Crippen LogP contribution in [-0.4, -0.2) is 34.5 Å². The molecule has 0 radical (unpaired) electrons. The van der Waals surface area contributed by atoms with Crippen molar-refractivity contribution in [2.75, 3.05) is 19.6 Å². The summed E-state index contributed by atoms with van der Waals surface area (Å²) in [6.45, 7) is 4.05. The van der Waals surface area contributed by atoms with Crippen molar-refractivity contribution in [3.8, 4) is 0 Å². The molecule has 0 bridgehead atoms. The molecule has 1 unspecified atom stereocenters. The first-order valence-corrected chi connectivity index (χ1v) is 6.67. The normalized spacial score (nSPS) is 19.3. The highest BCUT2D eigenvalue weighted by molar-refractivity contribution is 5.85. The SMILES string of the molecule is Cl.c1cncc(C2CNCCN2Cc2ccncc2)c1. The highest BCUT2D eigenvalue weighted by atomic mass is 35.5. The summed E-state index contributed by atoms with van der Waals surface area (Å²) in [6, 6.07) is 8.74. The molecular formula is C15H19ClN4. The van der Waals surface area contributed by atoms with Crippen molar-refractivity contribution in [3.05, 3.63) is 60.2 Å². The zero-order chi connectivity index (χ0) is 12.9. The first-order valence-electron chi connectivity index (χ1n) is 6.67. The van der Waals surface area contributed by atoms with Crippen molar-refractivity contribution in [1.29, 1.82) is 0 Å². The van der Waals surface area contributed by atoms with E-state index in [2.05, 4.69) is 38.4 Å². The molecule has 0 aliphatic carbocycles. The summed E-state index contributed by atoms with van der Waals surface area (Å²) < 4.78 is 0. The highest BCUT2D eigenvalue weighted by Crippen LogP contribution is 2.23. The number of nitrogens with zero attached hydrogens (tertiary/aromatic N) is 3. The molecule has 106 valence electrons. The monoisotopic (exact) mass is 290 g/mol. The molecule has 1 N–H and O–H groups in total. The average Bonchev–Trinajstić information content (AvgIpc) is 2.50. The second-order valence-corrected chi connectivity index (χ2v) is 4.83. The molecular weight excluding hydrogens is 272 g/mol. The van der Waals surface area contributed by atoms with Gasteiger partial charge in [-0.15, -0.1) is 12.4 Å². The zero-order valence-electron chi connectivity index (χ0n) is 11.3. The van der Waals surface area contributed by atoms with Crippen LogP contribution in [0, 0.1) is 0 Å². The lowest BCUT2D eigenvalue weighted by Gasteiger charge is -2.36. The van der Waals surface area contributed by atoms with Gasteiger partial charge in [0.2, 0.25) is 0 Å². The minimum absolute atomic E-state index is 0. The molecule has 1 aliphatic rings. The van der Waals surface area contributed by atoms with Crippen LogP contribution >= 0.6 is 12.4 Å². The van der Waals surface area contributed by atoms with Crippen molar-refractivity contribution in [1.82, 2.24) is 20.2 Å². The Bertz CT molecular complexity index is 506. The van der Waals surface area contributed by atoms with E-state index in [1.807, 2.05) is 30.9 Å². The predicted molar refractivity (Wildman–Crippen MR) is 81.7 cm³/mol.